The minimum atomic E-state index is -1.10. The zero-order chi connectivity index (χ0) is 14.7. The zero-order valence-corrected chi connectivity index (χ0v) is 12.0. The average molecular weight is 330 g/mol. The Labute approximate surface area is 131 Å². The molecule has 0 heterocycles. The van der Waals surface area contributed by atoms with Gasteiger partial charge in [-0.25, -0.2) is 9.18 Å². The van der Waals surface area contributed by atoms with Crippen LogP contribution in [0.3, 0.4) is 0 Å². The molecule has 0 aliphatic carbocycles. The molecule has 0 aliphatic heterocycles. The molecule has 110 valence electrons. The number of aromatic carboxylic acids is 1. The van der Waals surface area contributed by atoms with Crippen molar-refractivity contribution >= 4 is 41.6 Å². The highest BCUT2D eigenvalue weighted by molar-refractivity contribution is 6.34. The standard InChI is InChI=1S/C14H9ClFNO3.ClH/c15-12-7-9(16)4-5-11(12)13(18)17-10-3-1-2-8(6-10)14(19)20;/h1-7H,(H,17,18)(H,19,20);1H. The van der Waals surface area contributed by atoms with Gasteiger partial charge in [-0.15, -0.1) is 12.4 Å². The number of amides is 1. The summed E-state index contributed by atoms with van der Waals surface area (Å²) in [5.74, 6) is -2.18. The quantitative estimate of drug-likeness (QED) is 0.898. The van der Waals surface area contributed by atoms with Crippen molar-refractivity contribution in [3.8, 4) is 0 Å². The first-order valence-electron chi connectivity index (χ1n) is 5.57. The Kier molecular flexibility index (Phi) is 5.69. The summed E-state index contributed by atoms with van der Waals surface area (Å²) in [5.41, 5.74) is 0.470. The van der Waals surface area contributed by atoms with E-state index >= 15 is 0 Å². The number of carboxylic acid groups (broad SMARTS) is 1. The van der Waals surface area contributed by atoms with Crippen molar-refractivity contribution in [2.75, 3.05) is 5.32 Å². The summed E-state index contributed by atoms with van der Waals surface area (Å²) in [6.07, 6.45) is 0. The second-order valence-electron chi connectivity index (χ2n) is 3.96. The third kappa shape index (κ3) is 4.18. The van der Waals surface area contributed by atoms with Crippen LogP contribution in [0.15, 0.2) is 42.5 Å². The number of hydrogen-bond donors (Lipinski definition) is 2. The molecule has 0 radical (unpaired) electrons. The molecule has 0 unspecified atom stereocenters. The highest BCUT2D eigenvalue weighted by atomic mass is 35.5. The first-order chi connectivity index (χ1) is 9.47. The van der Waals surface area contributed by atoms with Gasteiger partial charge in [0, 0.05) is 5.69 Å². The van der Waals surface area contributed by atoms with Crippen molar-refractivity contribution in [3.05, 3.63) is 64.4 Å². The van der Waals surface area contributed by atoms with Crippen LogP contribution in [0.2, 0.25) is 5.02 Å². The summed E-state index contributed by atoms with van der Waals surface area (Å²) in [7, 11) is 0. The summed E-state index contributed by atoms with van der Waals surface area (Å²) in [6, 6.07) is 9.18. The summed E-state index contributed by atoms with van der Waals surface area (Å²) in [6.45, 7) is 0. The van der Waals surface area contributed by atoms with E-state index in [1.54, 1.807) is 6.07 Å². The van der Waals surface area contributed by atoms with Crippen LogP contribution in [0.4, 0.5) is 10.1 Å². The minimum Gasteiger partial charge on any atom is -0.478 e. The van der Waals surface area contributed by atoms with Crippen molar-refractivity contribution in [2.45, 2.75) is 0 Å². The van der Waals surface area contributed by atoms with E-state index in [9.17, 15) is 14.0 Å². The van der Waals surface area contributed by atoms with E-state index < -0.39 is 17.7 Å². The van der Waals surface area contributed by atoms with Crippen LogP contribution in [-0.2, 0) is 0 Å². The molecule has 21 heavy (non-hydrogen) atoms. The number of benzene rings is 2. The predicted molar refractivity (Wildman–Crippen MR) is 80.0 cm³/mol. The highest BCUT2D eigenvalue weighted by Gasteiger charge is 2.12. The maximum Gasteiger partial charge on any atom is 0.335 e. The summed E-state index contributed by atoms with van der Waals surface area (Å²) in [5, 5.41) is 11.3. The Bertz CT molecular complexity index is 692. The highest BCUT2D eigenvalue weighted by Crippen LogP contribution is 2.19. The third-order valence-corrected chi connectivity index (χ3v) is 2.86. The van der Waals surface area contributed by atoms with Gasteiger partial charge in [0.15, 0.2) is 0 Å². The van der Waals surface area contributed by atoms with Crippen molar-refractivity contribution in [1.29, 1.82) is 0 Å². The Hall–Kier alpha value is -2.11. The van der Waals surface area contributed by atoms with Crippen LogP contribution >= 0.6 is 24.0 Å². The minimum absolute atomic E-state index is 0. The number of carbonyl (C=O) groups excluding carboxylic acids is 1. The second-order valence-corrected chi connectivity index (χ2v) is 4.37. The van der Waals surface area contributed by atoms with E-state index in [0.29, 0.717) is 5.69 Å². The molecular formula is C14H10Cl2FNO3. The summed E-state index contributed by atoms with van der Waals surface area (Å²) in [4.78, 5) is 22.8. The van der Waals surface area contributed by atoms with Gasteiger partial charge in [-0.3, -0.25) is 4.79 Å². The molecule has 0 aromatic heterocycles. The molecule has 7 heteroatoms. The lowest BCUT2D eigenvalue weighted by Crippen LogP contribution is -2.13. The molecule has 0 saturated carbocycles. The van der Waals surface area contributed by atoms with E-state index in [1.165, 1.54) is 24.3 Å². The fraction of sp³-hybridized carbons (Fsp3) is 0. The molecule has 2 N–H and O–H groups in total. The predicted octanol–water partition coefficient (Wildman–Crippen LogP) is 3.85. The molecule has 2 rings (SSSR count). The number of nitrogens with one attached hydrogen (secondary N) is 1. The molecule has 0 atom stereocenters. The van der Waals surface area contributed by atoms with Crippen molar-refractivity contribution in [2.24, 2.45) is 0 Å². The van der Waals surface area contributed by atoms with Gasteiger partial charge in [-0.2, -0.15) is 0 Å². The number of carbonyl (C=O) groups is 2. The van der Waals surface area contributed by atoms with Gasteiger partial charge in [0.05, 0.1) is 16.1 Å². The largest absolute Gasteiger partial charge is 0.478 e. The van der Waals surface area contributed by atoms with Crippen molar-refractivity contribution in [3.63, 3.8) is 0 Å². The molecule has 0 spiro atoms. The van der Waals surface area contributed by atoms with Gasteiger partial charge < -0.3 is 10.4 Å². The summed E-state index contributed by atoms with van der Waals surface area (Å²) >= 11 is 5.78. The van der Waals surface area contributed by atoms with Gasteiger partial charge in [0.2, 0.25) is 0 Å². The van der Waals surface area contributed by atoms with E-state index in [0.717, 1.165) is 12.1 Å². The molecule has 1 amide bonds. The maximum atomic E-state index is 12.9. The van der Waals surface area contributed by atoms with Gasteiger partial charge in [0.1, 0.15) is 5.82 Å². The molecule has 0 saturated heterocycles. The lowest BCUT2D eigenvalue weighted by Gasteiger charge is -2.07. The third-order valence-electron chi connectivity index (χ3n) is 2.54. The molecule has 0 aliphatic rings. The Morgan fingerprint density at radius 1 is 1.14 bits per heavy atom. The molecule has 0 bridgehead atoms. The Morgan fingerprint density at radius 3 is 2.48 bits per heavy atom. The van der Waals surface area contributed by atoms with Gasteiger partial charge in [-0.05, 0) is 36.4 Å². The molecule has 2 aromatic rings. The fourth-order valence-electron chi connectivity index (χ4n) is 1.60. The van der Waals surface area contributed by atoms with Crippen LogP contribution in [-0.4, -0.2) is 17.0 Å². The Morgan fingerprint density at radius 2 is 1.86 bits per heavy atom. The van der Waals surface area contributed by atoms with Gasteiger partial charge in [0.25, 0.3) is 5.91 Å². The van der Waals surface area contributed by atoms with Crippen molar-refractivity contribution < 1.29 is 19.1 Å². The van der Waals surface area contributed by atoms with E-state index in [2.05, 4.69) is 5.32 Å². The maximum absolute atomic E-state index is 12.9. The SMILES string of the molecule is Cl.O=C(O)c1cccc(NC(=O)c2ccc(F)cc2Cl)c1. The Balaban J connectivity index is 0.00000220. The first-order valence-corrected chi connectivity index (χ1v) is 5.95. The monoisotopic (exact) mass is 329 g/mol. The molecule has 0 fully saturated rings. The van der Waals surface area contributed by atoms with Crippen LogP contribution < -0.4 is 5.32 Å². The van der Waals surface area contributed by atoms with Crippen LogP contribution in [0.1, 0.15) is 20.7 Å². The van der Waals surface area contributed by atoms with E-state index in [-0.39, 0.29) is 28.6 Å². The zero-order valence-electron chi connectivity index (χ0n) is 10.5. The van der Waals surface area contributed by atoms with Crippen LogP contribution in [0.25, 0.3) is 0 Å². The molecule has 2 aromatic carbocycles. The van der Waals surface area contributed by atoms with E-state index in [4.69, 9.17) is 16.7 Å². The second kappa shape index (κ2) is 7.06. The number of carboxylic acids is 1. The first kappa shape index (κ1) is 16.9. The normalized spacial score (nSPS) is 9.62. The number of anilines is 1. The number of halogens is 3. The molecular weight excluding hydrogens is 320 g/mol. The van der Waals surface area contributed by atoms with Crippen LogP contribution in [0.5, 0.6) is 0 Å². The molecule has 4 nitrogen and oxygen atoms in total. The number of hydrogen-bond acceptors (Lipinski definition) is 2. The lowest BCUT2D eigenvalue weighted by atomic mass is 10.1. The van der Waals surface area contributed by atoms with Crippen molar-refractivity contribution in [1.82, 2.24) is 0 Å². The van der Waals surface area contributed by atoms with Gasteiger partial charge >= 0.3 is 5.97 Å². The smallest absolute Gasteiger partial charge is 0.335 e. The fourth-order valence-corrected chi connectivity index (χ4v) is 1.86. The topological polar surface area (TPSA) is 66.4 Å². The van der Waals surface area contributed by atoms with Gasteiger partial charge in [-0.1, -0.05) is 17.7 Å². The average Bonchev–Trinajstić information content (AvgIpc) is 2.38. The number of rotatable bonds is 3. The summed E-state index contributed by atoms with van der Waals surface area (Å²) < 4.78 is 12.9. The van der Waals surface area contributed by atoms with E-state index in [1.807, 2.05) is 0 Å². The van der Waals surface area contributed by atoms with Crippen LogP contribution in [0, 0.1) is 5.82 Å². The lowest BCUT2D eigenvalue weighted by molar-refractivity contribution is 0.0696.